The highest BCUT2D eigenvalue weighted by atomic mass is 16.1. The predicted molar refractivity (Wildman–Crippen MR) is 43.5 cm³/mol. The first-order chi connectivity index (χ1) is 4.31. The van der Waals surface area contributed by atoms with E-state index < -0.39 is 0 Å². The van der Waals surface area contributed by atoms with Gasteiger partial charge in [0.25, 0.3) is 5.91 Å². The topological polar surface area (TPSA) is 29.1 Å². The van der Waals surface area contributed by atoms with E-state index >= 15 is 0 Å². The van der Waals surface area contributed by atoms with Crippen LogP contribution in [0.3, 0.4) is 0 Å². The third-order valence-electron chi connectivity index (χ3n) is 0.947. The van der Waals surface area contributed by atoms with Crippen molar-refractivity contribution in [3.05, 3.63) is 0 Å². The molecule has 0 radical (unpaired) electrons. The number of terminal acetylenes is 1. The Morgan fingerprint density at radius 1 is 1.70 bits per heavy atom. The van der Waals surface area contributed by atoms with Crippen molar-refractivity contribution in [1.82, 2.24) is 5.32 Å². The van der Waals surface area contributed by atoms with Gasteiger partial charge < -0.3 is 5.32 Å². The van der Waals surface area contributed by atoms with Crippen molar-refractivity contribution >= 4 is 5.91 Å². The Balaban J connectivity index is 0. The van der Waals surface area contributed by atoms with E-state index in [1.54, 1.807) is 0 Å². The summed E-state index contributed by atoms with van der Waals surface area (Å²) in [7, 11) is 0. The molecule has 10 heavy (non-hydrogen) atoms. The van der Waals surface area contributed by atoms with Crippen LogP contribution in [0.2, 0.25) is 0 Å². The largest absolute Gasteiger partial charge is 0.345 e. The minimum absolute atomic E-state index is 0. The highest BCUT2D eigenvalue weighted by Gasteiger charge is 1.89. The molecule has 0 spiro atoms. The number of hydrogen-bond acceptors (Lipinski definition) is 1. The Morgan fingerprint density at radius 3 is 2.70 bits per heavy atom. The summed E-state index contributed by atoms with van der Waals surface area (Å²) < 4.78 is 0. The van der Waals surface area contributed by atoms with Crippen LogP contribution in [-0.2, 0) is 4.79 Å². The van der Waals surface area contributed by atoms with Crippen molar-refractivity contribution in [3.8, 4) is 12.3 Å². The molecule has 1 amide bonds. The predicted octanol–water partition coefficient (Wildman–Crippen LogP) is 1.17. The van der Waals surface area contributed by atoms with Crippen LogP contribution < -0.4 is 5.32 Å². The summed E-state index contributed by atoms with van der Waals surface area (Å²) in [6, 6.07) is 0. The molecule has 0 fully saturated rings. The third kappa shape index (κ3) is 7.03. The summed E-state index contributed by atoms with van der Waals surface area (Å²) in [5.74, 6) is 1.66. The Hall–Kier alpha value is -0.970. The second-order valence-corrected chi connectivity index (χ2v) is 1.75. The molecular weight excluding hydrogens is 126 g/mol. The van der Waals surface area contributed by atoms with Gasteiger partial charge in [0, 0.05) is 6.54 Å². The van der Waals surface area contributed by atoms with Gasteiger partial charge in [0.2, 0.25) is 0 Å². The summed E-state index contributed by atoms with van der Waals surface area (Å²) in [6.07, 6.45) is 6.86. The zero-order valence-corrected chi connectivity index (χ0v) is 5.61. The molecule has 0 rings (SSSR count). The molecule has 0 aliphatic carbocycles. The van der Waals surface area contributed by atoms with Crippen LogP contribution in [-0.4, -0.2) is 12.5 Å². The van der Waals surface area contributed by atoms with E-state index in [1.807, 2.05) is 5.92 Å². The minimum Gasteiger partial charge on any atom is -0.345 e. The lowest BCUT2D eigenvalue weighted by molar-refractivity contribution is -0.115. The van der Waals surface area contributed by atoms with Crippen molar-refractivity contribution in [2.75, 3.05) is 6.54 Å². The molecule has 0 saturated carbocycles. The number of hydrogen-bond donors (Lipinski definition) is 1. The van der Waals surface area contributed by atoms with Gasteiger partial charge >= 0.3 is 0 Å². The quantitative estimate of drug-likeness (QED) is 0.464. The van der Waals surface area contributed by atoms with Gasteiger partial charge in [0.05, 0.1) is 0 Å². The van der Waals surface area contributed by atoms with Crippen molar-refractivity contribution in [2.45, 2.75) is 27.2 Å². The molecule has 2 heteroatoms. The maximum absolute atomic E-state index is 10.3. The highest BCUT2D eigenvalue weighted by molar-refractivity contribution is 5.92. The van der Waals surface area contributed by atoms with Crippen LogP contribution in [0.1, 0.15) is 27.2 Å². The lowest BCUT2D eigenvalue weighted by Crippen LogP contribution is -2.21. The number of carbonyl (C=O) groups excluding carboxylic acids is 1. The van der Waals surface area contributed by atoms with Gasteiger partial charge in [0.15, 0.2) is 0 Å². The summed E-state index contributed by atoms with van der Waals surface area (Å²) >= 11 is 0. The second kappa shape index (κ2) is 8.03. The average Bonchev–Trinajstić information content (AvgIpc) is 1.89. The lowest BCUT2D eigenvalue weighted by atomic mass is 10.3. The third-order valence-corrected chi connectivity index (χ3v) is 0.947. The Morgan fingerprint density at radius 2 is 2.30 bits per heavy atom. The van der Waals surface area contributed by atoms with Crippen LogP contribution in [0.5, 0.6) is 0 Å². The molecule has 58 valence electrons. The van der Waals surface area contributed by atoms with Crippen LogP contribution in [0.15, 0.2) is 0 Å². The molecule has 0 atom stereocenters. The van der Waals surface area contributed by atoms with E-state index in [0.29, 0.717) is 6.54 Å². The van der Waals surface area contributed by atoms with Crippen LogP contribution in [0, 0.1) is 12.3 Å². The van der Waals surface area contributed by atoms with Crippen LogP contribution >= 0.6 is 0 Å². The number of unbranched alkanes of at least 4 members (excludes halogenated alkanes) is 1. The number of carbonyl (C=O) groups is 1. The number of amides is 1. The summed E-state index contributed by atoms with van der Waals surface area (Å²) in [5, 5.41) is 2.56. The summed E-state index contributed by atoms with van der Waals surface area (Å²) in [6.45, 7) is 2.75. The molecule has 0 heterocycles. The SMILES string of the molecule is C.C#CC(=O)NCCCC. The van der Waals surface area contributed by atoms with Gasteiger partial charge in [-0.2, -0.15) is 0 Å². The monoisotopic (exact) mass is 141 g/mol. The lowest BCUT2D eigenvalue weighted by Gasteiger charge is -1.95. The zero-order chi connectivity index (χ0) is 7.11. The van der Waals surface area contributed by atoms with E-state index in [2.05, 4.69) is 12.2 Å². The number of rotatable bonds is 3. The fourth-order valence-corrected chi connectivity index (χ4v) is 0.430. The highest BCUT2D eigenvalue weighted by Crippen LogP contribution is 1.81. The summed E-state index contributed by atoms with van der Waals surface area (Å²) in [4.78, 5) is 10.3. The first-order valence-corrected chi connectivity index (χ1v) is 3.05. The molecule has 1 N–H and O–H groups in total. The Bertz CT molecular complexity index is 124. The Kier molecular flexibility index (Phi) is 9.46. The van der Waals surface area contributed by atoms with Crippen molar-refractivity contribution in [1.29, 1.82) is 0 Å². The average molecular weight is 141 g/mol. The number of nitrogens with one attached hydrogen (secondary N) is 1. The van der Waals surface area contributed by atoms with Gasteiger partial charge in [-0.3, -0.25) is 4.79 Å². The summed E-state index contributed by atoms with van der Waals surface area (Å²) in [5.41, 5.74) is 0. The van der Waals surface area contributed by atoms with Crippen molar-refractivity contribution in [2.24, 2.45) is 0 Å². The first-order valence-electron chi connectivity index (χ1n) is 3.05. The fourth-order valence-electron chi connectivity index (χ4n) is 0.430. The Labute approximate surface area is 63.0 Å². The molecule has 0 aromatic heterocycles. The molecule has 2 nitrogen and oxygen atoms in total. The molecule has 0 bridgehead atoms. The van der Waals surface area contributed by atoms with Gasteiger partial charge in [-0.05, 0) is 12.3 Å². The fraction of sp³-hybridized carbons (Fsp3) is 0.625. The van der Waals surface area contributed by atoms with E-state index in [1.165, 1.54) is 0 Å². The van der Waals surface area contributed by atoms with Gasteiger partial charge in [-0.25, -0.2) is 0 Å². The van der Waals surface area contributed by atoms with Crippen molar-refractivity contribution in [3.63, 3.8) is 0 Å². The minimum atomic E-state index is -0.316. The van der Waals surface area contributed by atoms with Gasteiger partial charge in [-0.1, -0.05) is 20.8 Å². The van der Waals surface area contributed by atoms with E-state index in [0.717, 1.165) is 12.8 Å². The zero-order valence-electron chi connectivity index (χ0n) is 5.61. The standard InChI is InChI=1S/C7H11NO.CH4/c1-3-5-6-8-7(9)4-2;/h2H,3,5-6H2,1H3,(H,8,9);1H4. The van der Waals surface area contributed by atoms with E-state index in [4.69, 9.17) is 6.42 Å². The maximum atomic E-state index is 10.3. The maximum Gasteiger partial charge on any atom is 0.295 e. The van der Waals surface area contributed by atoms with Gasteiger partial charge in [-0.15, -0.1) is 6.42 Å². The van der Waals surface area contributed by atoms with Crippen LogP contribution in [0.4, 0.5) is 0 Å². The second-order valence-electron chi connectivity index (χ2n) is 1.75. The normalized spacial score (nSPS) is 7.20. The van der Waals surface area contributed by atoms with Gasteiger partial charge in [0.1, 0.15) is 0 Å². The van der Waals surface area contributed by atoms with E-state index in [-0.39, 0.29) is 13.3 Å². The van der Waals surface area contributed by atoms with Crippen molar-refractivity contribution < 1.29 is 4.79 Å². The van der Waals surface area contributed by atoms with Crippen LogP contribution in [0.25, 0.3) is 0 Å². The molecule has 0 unspecified atom stereocenters. The first kappa shape index (κ1) is 11.8. The molecule has 0 aromatic rings. The molecule has 0 aliphatic heterocycles. The molecule has 0 aromatic carbocycles. The molecule has 0 aliphatic rings. The van der Waals surface area contributed by atoms with E-state index in [9.17, 15) is 4.79 Å². The smallest absolute Gasteiger partial charge is 0.295 e. The molecule has 0 saturated heterocycles. The molecular formula is C8H15NO.